The van der Waals surface area contributed by atoms with Crippen LogP contribution in [-0.2, 0) is 11.2 Å². The van der Waals surface area contributed by atoms with Gasteiger partial charge in [0.1, 0.15) is 5.92 Å². The summed E-state index contributed by atoms with van der Waals surface area (Å²) in [6.45, 7) is 6.59. The molecule has 2 bridgehead atoms. The number of carbonyl (C=O) groups is 1. The highest BCUT2D eigenvalue weighted by Gasteiger charge is 2.59. The predicted octanol–water partition coefficient (Wildman–Crippen LogP) is 5.15. The topological polar surface area (TPSA) is 62.8 Å². The number of hydrogen-bond donors (Lipinski definition) is 2. The number of rotatable bonds is 6. The molecule has 0 radical (unpaired) electrons. The first kappa shape index (κ1) is 24.1. The molecule has 1 saturated heterocycles. The molecule has 0 saturated carbocycles. The SMILES string of the molecule is COc1cccc2c1O[C@@]1(C)[C@@H](C(=O)Nc3ccc(C)cc3C)[C@H]2NC(=S)N1CCc1ccccc1. The van der Waals surface area contributed by atoms with Gasteiger partial charge in [0.25, 0.3) is 0 Å². The molecule has 0 aromatic heterocycles. The molecule has 7 heteroatoms. The first-order valence-corrected chi connectivity index (χ1v) is 12.6. The summed E-state index contributed by atoms with van der Waals surface area (Å²) < 4.78 is 12.3. The molecule has 3 aromatic carbocycles. The summed E-state index contributed by atoms with van der Waals surface area (Å²) in [6.07, 6.45) is 0.760. The lowest BCUT2D eigenvalue weighted by Gasteiger charge is -2.56. The van der Waals surface area contributed by atoms with Gasteiger partial charge in [0.05, 0.1) is 13.2 Å². The minimum absolute atomic E-state index is 0.123. The van der Waals surface area contributed by atoms with Crippen LogP contribution in [0, 0.1) is 19.8 Å². The summed E-state index contributed by atoms with van der Waals surface area (Å²) in [5.74, 6) is 0.584. The van der Waals surface area contributed by atoms with E-state index in [2.05, 4.69) is 28.8 Å². The number of benzene rings is 3. The number of ether oxygens (including phenoxy) is 2. The van der Waals surface area contributed by atoms with E-state index in [1.54, 1.807) is 7.11 Å². The Labute approximate surface area is 217 Å². The zero-order valence-electron chi connectivity index (χ0n) is 21.0. The molecule has 36 heavy (non-hydrogen) atoms. The Morgan fingerprint density at radius 1 is 1.14 bits per heavy atom. The van der Waals surface area contributed by atoms with E-state index in [0.29, 0.717) is 23.2 Å². The van der Waals surface area contributed by atoms with Gasteiger partial charge in [0.2, 0.25) is 5.91 Å². The average Bonchev–Trinajstić information content (AvgIpc) is 2.85. The van der Waals surface area contributed by atoms with Gasteiger partial charge in [-0.1, -0.05) is 60.2 Å². The number of amides is 1. The second-order valence-electron chi connectivity index (χ2n) is 9.64. The summed E-state index contributed by atoms with van der Waals surface area (Å²) in [4.78, 5) is 16.0. The molecule has 3 aromatic rings. The lowest BCUT2D eigenvalue weighted by atomic mass is 9.78. The van der Waals surface area contributed by atoms with E-state index in [1.807, 2.05) is 74.2 Å². The number of thiocarbonyl (C=S) groups is 1. The zero-order chi connectivity index (χ0) is 25.4. The monoisotopic (exact) mass is 501 g/mol. The van der Waals surface area contributed by atoms with Crippen molar-refractivity contribution in [1.82, 2.24) is 10.2 Å². The molecule has 3 atom stereocenters. The van der Waals surface area contributed by atoms with Crippen LogP contribution >= 0.6 is 12.2 Å². The van der Waals surface area contributed by atoms with E-state index in [9.17, 15) is 4.79 Å². The van der Waals surface area contributed by atoms with Crippen LogP contribution in [0.2, 0.25) is 0 Å². The maximum Gasteiger partial charge on any atom is 0.236 e. The third-order valence-corrected chi connectivity index (χ3v) is 7.57. The zero-order valence-corrected chi connectivity index (χ0v) is 21.8. The number of para-hydroxylation sites is 1. The van der Waals surface area contributed by atoms with E-state index in [-0.39, 0.29) is 11.9 Å². The highest BCUT2D eigenvalue weighted by Crippen LogP contribution is 2.51. The van der Waals surface area contributed by atoms with Gasteiger partial charge in [-0.15, -0.1) is 0 Å². The first-order valence-electron chi connectivity index (χ1n) is 12.2. The third-order valence-electron chi connectivity index (χ3n) is 7.23. The Morgan fingerprint density at radius 2 is 1.92 bits per heavy atom. The minimum atomic E-state index is -1.02. The van der Waals surface area contributed by atoms with E-state index >= 15 is 0 Å². The Kier molecular flexibility index (Phi) is 6.35. The number of nitrogens with one attached hydrogen (secondary N) is 2. The van der Waals surface area contributed by atoms with Gasteiger partial charge >= 0.3 is 0 Å². The Morgan fingerprint density at radius 3 is 2.64 bits per heavy atom. The Bertz CT molecular complexity index is 1310. The fourth-order valence-electron chi connectivity index (χ4n) is 5.37. The molecule has 2 aliphatic rings. The van der Waals surface area contributed by atoms with Crippen LogP contribution in [0.1, 0.15) is 35.2 Å². The summed E-state index contributed by atoms with van der Waals surface area (Å²) in [5.41, 5.74) is 3.99. The molecule has 1 amide bonds. The van der Waals surface area contributed by atoms with Gasteiger partial charge in [-0.05, 0) is 62.7 Å². The second-order valence-corrected chi connectivity index (χ2v) is 10.0. The van der Waals surface area contributed by atoms with Crippen molar-refractivity contribution in [3.05, 3.63) is 89.0 Å². The lowest BCUT2D eigenvalue weighted by Crippen LogP contribution is -2.71. The fourth-order valence-corrected chi connectivity index (χ4v) is 5.77. The molecule has 186 valence electrons. The van der Waals surface area contributed by atoms with Crippen LogP contribution < -0.4 is 20.1 Å². The number of hydrogen-bond acceptors (Lipinski definition) is 4. The van der Waals surface area contributed by atoms with Crippen molar-refractivity contribution in [2.24, 2.45) is 5.92 Å². The smallest absolute Gasteiger partial charge is 0.236 e. The first-order chi connectivity index (χ1) is 17.3. The number of methoxy groups -OCH3 is 1. The highest BCUT2D eigenvalue weighted by molar-refractivity contribution is 7.80. The van der Waals surface area contributed by atoms with Crippen molar-refractivity contribution in [3.8, 4) is 11.5 Å². The number of anilines is 1. The molecule has 2 aliphatic heterocycles. The van der Waals surface area contributed by atoms with Crippen LogP contribution in [0.4, 0.5) is 5.69 Å². The summed E-state index contributed by atoms with van der Waals surface area (Å²) in [6, 6.07) is 21.7. The van der Waals surface area contributed by atoms with Crippen LogP contribution in [0.3, 0.4) is 0 Å². The molecule has 0 aliphatic carbocycles. The van der Waals surface area contributed by atoms with E-state index < -0.39 is 11.6 Å². The van der Waals surface area contributed by atoms with Crippen molar-refractivity contribution in [1.29, 1.82) is 0 Å². The van der Waals surface area contributed by atoms with Crippen LogP contribution in [-0.4, -0.2) is 35.3 Å². The number of carbonyl (C=O) groups excluding carboxylic acids is 1. The molecule has 2 N–H and O–H groups in total. The largest absolute Gasteiger partial charge is 0.493 e. The molecule has 1 fully saturated rings. The quantitative estimate of drug-likeness (QED) is 0.456. The van der Waals surface area contributed by atoms with Gasteiger partial charge in [-0.3, -0.25) is 4.79 Å². The van der Waals surface area contributed by atoms with Crippen LogP contribution in [0.25, 0.3) is 0 Å². The number of aryl methyl sites for hydroxylation is 2. The maximum absolute atomic E-state index is 14.0. The average molecular weight is 502 g/mol. The standard InChI is InChI=1S/C29H31N3O3S/c1-18-13-14-22(19(2)17-18)30-27(33)24-25-21-11-8-12-23(34-4)26(21)35-29(24,3)32(28(36)31-25)16-15-20-9-6-5-7-10-20/h5-14,17,24-25H,15-16H2,1-4H3,(H,30,33)(H,31,36)/t24-,25+,29+/m1/s1. The van der Waals surface area contributed by atoms with E-state index in [1.165, 1.54) is 5.56 Å². The summed E-state index contributed by atoms with van der Waals surface area (Å²) >= 11 is 5.84. The lowest BCUT2D eigenvalue weighted by molar-refractivity contribution is -0.149. The van der Waals surface area contributed by atoms with Crippen molar-refractivity contribution < 1.29 is 14.3 Å². The van der Waals surface area contributed by atoms with Gasteiger partial charge in [0.15, 0.2) is 22.3 Å². The maximum atomic E-state index is 14.0. The van der Waals surface area contributed by atoms with Gasteiger partial charge in [-0.2, -0.15) is 0 Å². The molecular formula is C29H31N3O3S. The van der Waals surface area contributed by atoms with E-state index in [4.69, 9.17) is 21.7 Å². The highest BCUT2D eigenvalue weighted by atomic mass is 32.1. The third kappa shape index (κ3) is 4.17. The predicted molar refractivity (Wildman–Crippen MR) is 145 cm³/mol. The van der Waals surface area contributed by atoms with Crippen LogP contribution in [0.15, 0.2) is 66.7 Å². The second kappa shape index (κ2) is 9.47. The molecule has 0 unspecified atom stereocenters. The number of fused-ring (bicyclic) bond motifs is 4. The molecule has 5 rings (SSSR count). The van der Waals surface area contributed by atoms with Gasteiger partial charge < -0.3 is 25.0 Å². The molecule has 6 nitrogen and oxygen atoms in total. The molecular weight excluding hydrogens is 470 g/mol. The number of nitrogens with zero attached hydrogens (tertiary/aromatic N) is 1. The summed E-state index contributed by atoms with van der Waals surface area (Å²) in [7, 11) is 1.63. The normalized spacial score (nSPS) is 22.2. The van der Waals surface area contributed by atoms with Gasteiger partial charge in [-0.25, -0.2) is 0 Å². The fraction of sp³-hybridized carbons (Fsp3) is 0.310. The minimum Gasteiger partial charge on any atom is -0.493 e. The van der Waals surface area contributed by atoms with Crippen LogP contribution in [0.5, 0.6) is 11.5 Å². The van der Waals surface area contributed by atoms with Crippen molar-refractivity contribution in [2.45, 2.75) is 39.0 Å². The Hall–Kier alpha value is -3.58. The van der Waals surface area contributed by atoms with Crippen molar-refractivity contribution in [3.63, 3.8) is 0 Å². The van der Waals surface area contributed by atoms with Crippen molar-refractivity contribution in [2.75, 3.05) is 19.0 Å². The molecule has 0 spiro atoms. The van der Waals surface area contributed by atoms with Crippen molar-refractivity contribution >= 4 is 28.9 Å². The summed E-state index contributed by atoms with van der Waals surface area (Å²) in [5, 5.41) is 7.21. The molecule has 2 heterocycles. The Balaban J connectivity index is 1.54. The van der Waals surface area contributed by atoms with E-state index in [0.717, 1.165) is 28.8 Å². The van der Waals surface area contributed by atoms with Gasteiger partial charge in [0, 0.05) is 17.8 Å².